The molecule has 0 spiro atoms. The van der Waals surface area contributed by atoms with Crippen molar-refractivity contribution < 1.29 is 0 Å². The molecule has 0 saturated heterocycles. The van der Waals surface area contributed by atoms with Gasteiger partial charge in [0.2, 0.25) is 0 Å². The molecule has 1 aliphatic rings. The summed E-state index contributed by atoms with van der Waals surface area (Å²) in [6.07, 6.45) is 6.69. The van der Waals surface area contributed by atoms with Crippen LogP contribution in [-0.4, -0.2) is 30.1 Å². The lowest BCUT2D eigenvalue weighted by Gasteiger charge is -2.35. The lowest BCUT2D eigenvalue weighted by atomic mass is 9.84. The van der Waals surface area contributed by atoms with Crippen molar-refractivity contribution in [3.8, 4) is 0 Å². The number of hydrogen-bond acceptors (Lipinski definition) is 1. The van der Waals surface area contributed by atoms with Crippen molar-refractivity contribution in [1.29, 1.82) is 0 Å². The van der Waals surface area contributed by atoms with Crippen molar-refractivity contribution in [1.82, 2.24) is 10.2 Å². The van der Waals surface area contributed by atoms with E-state index in [0.717, 1.165) is 11.0 Å². The predicted molar refractivity (Wildman–Crippen MR) is 65.5 cm³/mol. The Hall–Kier alpha value is -0.310. The molecule has 0 bridgehead atoms. The van der Waals surface area contributed by atoms with Crippen LogP contribution in [-0.2, 0) is 0 Å². The number of nitrogens with zero attached hydrogens (tertiary/aromatic N) is 1. The Balaban J connectivity index is 2.37. The highest BCUT2D eigenvalue weighted by Crippen LogP contribution is 2.28. The third kappa shape index (κ3) is 2.84. The minimum atomic E-state index is 0.665. The Kier molecular flexibility index (Phi) is 4.66. The first-order valence-corrected chi connectivity index (χ1v) is 6.04. The highest BCUT2D eigenvalue weighted by Gasteiger charge is 2.23. The Bertz CT molecular complexity index is 186. The molecule has 0 atom stereocenters. The fourth-order valence-corrected chi connectivity index (χ4v) is 2.43. The van der Waals surface area contributed by atoms with E-state index in [2.05, 4.69) is 24.2 Å². The Morgan fingerprint density at radius 3 is 2.36 bits per heavy atom. The van der Waals surface area contributed by atoms with Crippen molar-refractivity contribution in [3.05, 3.63) is 0 Å². The first-order chi connectivity index (χ1) is 6.69. The number of hydrogen-bond donors (Lipinski definition) is 1. The second kappa shape index (κ2) is 5.54. The SMILES string of the molecule is CCC1CCC(N(C)C(=S)NC)CC1. The molecule has 1 saturated carbocycles. The summed E-state index contributed by atoms with van der Waals surface area (Å²) in [5.74, 6) is 0.961. The molecule has 0 radical (unpaired) electrons. The van der Waals surface area contributed by atoms with E-state index >= 15 is 0 Å². The van der Waals surface area contributed by atoms with E-state index in [1.807, 2.05) is 7.05 Å². The minimum Gasteiger partial charge on any atom is -0.366 e. The maximum Gasteiger partial charge on any atom is 0.168 e. The Labute approximate surface area is 93.1 Å². The van der Waals surface area contributed by atoms with E-state index in [1.165, 1.54) is 32.1 Å². The van der Waals surface area contributed by atoms with E-state index in [0.29, 0.717) is 6.04 Å². The van der Waals surface area contributed by atoms with Crippen LogP contribution in [0.3, 0.4) is 0 Å². The standard InChI is InChI=1S/C11H22N2S/c1-4-9-5-7-10(8-6-9)13(3)11(14)12-2/h9-10H,4-8H2,1-3H3,(H,12,14). The van der Waals surface area contributed by atoms with Gasteiger partial charge >= 0.3 is 0 Å². The Morgan fingerprint density at radius 1 is 1.36 bits per heavy atom. The number of nitrogens with one attached hydrogen (secondary N) is 1. The van der Waals surface area contributed by atoms with Gasteiger partial charge in [-0.25, -0.2) is 0 Å². The molecule has 1 rings (SSSR count). The van der Waals surface area contributed by atoms with Crippen LogP contribution in [0, 0.1) is 5.92 Å². The summed E-state index contributed by atoms with van der Waals surface area (Å²) in [5, 5.41) is 3.92. The highest BCUT2D eigenvalue weighted by molar-refractivity contribution is 7.80. The summed E-state index contributed by atoms with van der Waals surface area (Å²) in [7, 11) is 4.01. The van der Waals surface area contributed by atoms with Crippen molar-refractivity contribution in [2.75, 3.05) is 14.1 Å². The average Bonchev–Trinajstić information content (AvgIpc) is 2.27. The molecule has 0 aliphatic heterocycles. The third-order valence-electron chi connectivity index (χ3n) is 3.48. The summed E-state index contributed by atoms with van der Waals surface area (Å²) >= 11 is 5.23. The molecule has 82 valence electrons. The smallest absolute Gasteiger partial charge is 0.168 e. The molecule has 1 aliphatic carbocycles. The van der Waals surface area contributed by atoms with Crippen molar-refractivity contribution in [3.63, 3.8) is 0 Å². The van der Waals surface area contributed by atoms with Crippen LogP contribution in [0.4, 0.5) is 0 Å². The van der Waals surface area contributed by atoms with Crippen LogP contribution >= 0.6 is 12.2 Å². The summed E-state index contributed by atoms with van der Waals surface area (Å²) in [5.41, 5.74) is 0. The summed E-state index contributed by atoms with van der Waals surface area (Å²) in [4.78, 5) is 2.22. The monoisotopic (exact) mass is 214 g/mol. The zero-order chi connectivity index (χ0) is 10.6. The molecule has 0 amide bonds. The van der Waals surface area contributed by atoms with Gasteiger partial charge in [0.1, 0.15) is 0 Å². The van der Waals surface area contributed by atoms with Crippen molar-refractivity contribution in [2.24, 2.45) is 5.92 Å². The van der Waals surface area contributed by atoms with Gasteiger partial charge in [0, 0.05) is 20.1 Å². The van der Waals surface area contributed by atoms with Gasteiger partial charge in [-0.05, 0) is 43.8 Å². The maximum atomic E-state index is 5.23. The second-order valence-electron chi connectivity index (χ2n) is 4.25. The quantitative estimate of drug-likeness (QED) is 0.711. The molecule has 0 aromatic rings. The predicted octanol–water partition coefficient (Wildman–Crippen LogP) is 2.39. The van der Waals surface area contributed by atoms with Gasteiger partial charge in [-0.3, -0.25) is 0 Å². The number of rotatable bonds is 2. The minimum absolute atomic E-state index is 0.665. The van der Waals surface area contributed by atoms with Crippen LogP contribution in [0.15, 0.2) is 0 Å². The summed E-state index contributed by atoms with van der Waals surface area (Å²) in [6, 6.07) is 0.665. The van der Waals surface area contributed by atoms with Gasteiger partial charge in [0.25, 0.3) is 0 Å². The van der Waals surface area contributed by atoms with Gasteiger partial charge in [0.05, 0.1) is 0 Å². The second-order valence-corrected chi connectivity index (χ2v) is 4.64. The zero-order valence-electron chi connectivity index (χ0n) is 9.55. The van der Waals surface area contributed by atoms with Gasteiger partial charge in [-0.15, -0.1) is 0 Å². The largest absolute Gasteiger partial charge is 0.366 e. The average molecular weight is 214 g/mol. The van der Waals surface area contributed by atoms with Gasteiger partial charge < -0.3 is 10.2 Å². The maximum absolute atomic E-state index is 5.23. The lowest BCUT2D eigenvalue weighted by molar-refractivity contribution is 0.225. The molecule has 2 nitrogen and oxygen atoms in total. The van der Waals surface area contributed by atoms with E-state index < -0.39 is 0 Å². The van der Waals surface area contributed by atoms with Crippen LogP contribution in [0.2, 0.25) is 0 Å². The summed E-state index contributed by atoms with van der Waals surface area (Å²) < 4.78 is 0. The van der Waals surface area contributed by atoms with Crippen LogP contribution < -0.4 is 5.32 Å². The molecule has 3 heteroatoms. The van der Waals surface area contributed by atoms with Gasteiger partial charge in [0.15, 0.2) is 5.11 Å². The van der Waals surface area contributed by atoms with Crippen LogP contribution in [0.1, 0.15) is 39.0 Å². The van der Waals surface area contributed by atoms with Crippen molar-refractivity contribution >= 4 is 17.3 Å². The topological polar surface area (TPSA) is 15.3 Å². The fourth-order valence-electron chi connectivity index (χ4n) is 2.28. The third-order valence-corrected chi connectivity index (χ3v) is 3.97. The molecule has 14 heavy (non-hydrogen) atoms. The molecule has 1 fully saturated rings. The van der Waals surface area contributed by atoms with Gasteiger partial charge in [-0.2, -0.15) is 0 Å². The molecular formula is C11H22N2S. The molecule has 1 N–H and O–H groups in total. The van der Waals surface area contributed by atoms with E-state index in [4.69, 9.17) is 12.2 Å². The van der Waals surface area contributed by atoms with Crippen molar-refractivity contribution in [2.45, 2.75) is 45.1 Å². The molecule has 0 aromatic carbocycles. The first-order valence-electron chi connectivity index (χ1n) is 5.63. The molecular weight excluding hydrogens is 192 g/mol. The van der Waals surface area contributed by atoms with Gasteiger partial charge in [-0.1, -0.05) is 13.3 Å². The van der Waals surface area contributed by atoms with E-state index in [-0.39, 0.29) is 0 Å². The molecule has 0 aromatic heterocycles. The van der Waals surface area contributed by atoms with E-state index in [1.54, 1.807) is 0 Å². The van der Waals surface area contributed by atoms with Crippen LogP contribution in [0.25, 0.3) is 0 Å². The lowest BCUT2D eigenvalue weighted by Crippen LogP contribution is -2.43. The zero-order valence-corrected chi connectivity index (χ0v) is 10.4. The molecule has 0 unspecified atom stereocenters. The normalized spacial score (nSPS) is 27.1. The summed E-state index contributed by atoms with van der Waals surface area (Å²) in [6.45, 7) is 2.30. The first kappa shape index (κ1) is 11.8. The van der Waals surface area contributed by atoms with Crippen LogP contribution in [0.5, 0.6) is 0 Å². The molecule has 0 heterocycles. The Morgan fingerprint density at radius 2 is 1.93 bits per heavy atom. The fraction of sp³-hybridized carbons (Fsp3) is 0.909. The highest BCUT2D eigenvalue weighted by atomic mass is 32.1. The number of thiocarbonyl (C=S) groups is 1. The van der Waals surface area contributed by atoms with E-state index in [9.17, 15) is 0 Å².